The zero-order valence-corrected chi connectivity index (χ0v) is 11.6. The lowest BCUT2D eigenvalue weighted by Crippen LogP contribution is -2.38. The van der Waals surface area contributed by atoms with E-state index in [4.69, 9.17) is 0 Å². The molecule has 110 valence electrons. The zero-order valence-electron chi connectivity index (χ0n) is 11.6. The fourth-order valence-corrected chi connectivity index (χ4v) is 2.42. The molecule has 0 radical (unpaired) electrons. The minimum absolute atomic E-state index is 0.0129. The molecule has 1 fully saturated rings. The van der Waals surface area contributed by atoms with Crippen LogP contribution < -0.4 is 5.32 Å². The molecular weight excluding hydrogens is 261 g/mol. The summed E-state index contributed by atoms with van der Waals surface area (Å²) in [5, 5.41) is 12.1. The number of anilines is 1. The van der Waals surface area contributed by atoms with Gasteiger partial charge < -0.3 is 15.3 Å². The van der Waals surface area contributed by atoms with Crippen molar-refractivity contribution in [2.45, 2.75) is 32.2 Å². The van der Waals surface area contributed by atoms with Crippen LogP contribution in [-0.4, -0.2) is 46.6 Å². The van der Waals surface area contributed by atoms with Crippen LogP contribution in [0.1, 0.15) is 36.5 Å². The Balaban J connectivity index is 2.21. The molecule has 1 aromatic rings. The number of amides is 1. The third kappa shape index (κ3) is 2.90. The molecule has 1 unspecified atom stereocenters. The third-order valence-corrected chi connectivity index (χ3v) is 3.51. The maximum absolute atomic E-state index is 14.3. The minimum atomic E-state index is -0.616. The summed E-state index contributed by atoms with van der Waals surface area (Å²) >= 11 is 0. The molecular formula is C14H20FN3O2. The molecule has 6 heteroatoms. The maximum Gasteiger partial charge on any atom is 0.257 e. The summed E-state index contributed by atoms with van der Waals surface area (Å²) in [7, 11) is 0. The van der Waals surface area contributed by atoms with Gasteiger partial charge in [-0.2, -0.15) is 0 Å². The van der Waals surface area contributed by atoms with Crippen molar-refractivity contribution in [1.29, 1.82) is 0 Å². The van der Waals surface area contributed by atoms with E-state index in [1.807, 2.05) is 6.92 Å². The van der Waals surface area contributed by atoms with Gasteiger partial charge in [-0.3, -0.25) is 4.79 Å². The number of rotatable bonds is 5. The quantitative estimate of drug-likeness (QED) is 0.861. The Morgan fingerprint density at radius 3 is 3.15 bits per heavy atom. The number of likely N-dealkylation sites (tertiary alicyclic amines) is 1. The predicted molar refractivity (Wildman–Crippen MR) is 74.1 cm³/mol. The number of hydrogen-bond donors (Lipinski definition) is 2. The van der Waals surface area contributed by atoms with Gasteiger partial charge in [0.2, 0.25) is 0 Å². The largest absolute Gasteiger partial charge is 0.394 e. The minimum Gasteiger partial charge on any atom is -0.394 e. The first-order chi connectivity index (χ1) is 9.69. The van der Waals surface area contributed by atoms with E-state index >= 15 is 0 Å². The monoisotopic (exact) mass is 281 g/mol. The second-order valence-electron chi connectivity index (χ2n) is 4.93. The molecule has 0 spiro atoms. The molecule has 1 aromatic heterocycles. The van der Waals surface area contributed by atoms with E-state index in [0.717, 1.165) is 19.3 Å². The van der Waals surface area contributed by atoms with Crippen LogP contribution in [0.4, 0.5) is 10.2 Å². The van der Waals surface area contributed by atoms with Crippen LogP contribution in [0.2, 0.25) is 0 Å². The number of aromatic nitrogens is 1. The molecule has 1 aliphatic rings. The Kier molecular flexibility index (Phi) is 4.89. The van der Waals surface area contributed by atoms with Gasteiger partial charge in [0, 0.05) is 19.3 Å². The van der Waals surface area contributed by atoms with Crippen molar-refractivity contribution < 1.29 is 14.3 Å². The summed E-state index contributed by atoms with van der Waals surface area (Å²) in [5.74, 6) is -0.881. The molecule has 1 saturated heterocycles. The van der Waals surface area contributed by atoms with Crippen LogP contribution in [0, 0.1) is 5.82 Å². The van der Waals surface area contributed by atoms with E-state index in [9.17, 15) is 14.3 Å². The molecule has 0 aliphatic carbocycles. The molecule has 2 rings (SSSR count). The van der Waals surface area contributed by atoms with E-state index in [2.05, 4.69) is 10.3 Å². The standard InChI is InChI=1S/C14H20FN3O2/c1-2-6-16-13-12(15)11(5-7-17-13)14(20)18-8-3-4-10(18)9-19/h5,7,10,19H,2-4,6,8-9H2,1H3,(H,16,17). The van der Waals surface area contributed by atoms with Crippen LogP contribution >= 0.6 is 0 Å². The van der Waals surface area contributed by atoms with E-state index in [-0.39, 0.29) is 29.9 Å². The summed E-state index contributed by atoms with van der Waals surface area (Å²) in [6, 6.07) is 1.18. The molecule has 1 atom stereocenters. The first kappa shape index (κ1) is 14.7. The van der Waals surface area contributed by atoms with E-state index in [1.165, 1.54) is 12.3 Å². The van der Waals surface area contributed by atoms with E-state index < -0.39 is 5.82 Å². The Hall–Kier alpha value is -1.69. The van der Waals surface area contributed by atoms with Crippen molar-refractivity contribution in [3.63, 3.8) is 0 Å². The average Bonchev–Trinajstić information content (AvgIpc) is 2.94. The highest BCUT2D eigenvalue weighted by molar-refractivity contribution is 5.95. The Morgan fingerprint density at radius 1 is 1.65 bits per heavy atom. The van der Waals surface area contributed by atoms with E-state index in [1.54, 1.807) is 4.90 Å². The van der Waals surface area contributed by atoms with Crippen molar-refractivity contribution in [3.05, 3.63) is 23.6 Å². The van der Waals surface area contributed by atoms with E-state index in [0.29, 0.717) is 13.1 Å². The first-order valence-electron chi connectivity index (χ1n) is 6.99. The number of carbonyl (C=O) groups excluding carboxylic acids is 1. The third-order valence-electron chi connectivity index (χ3n) is 3.51. The van der Waals surface area contributed by atoms with Crippen LogP contribution in [0.3, 0.4) is 0 Å². The number of nitrogens with zero attached hydrogens (tertiary/aromatic N) is 2. The number of aliphatic hydroxyl groups is 1. The number of halogens is 1. The second kappa shape index (κ2) is 6.65. The van der Waals surface area contributed by atoms with Gasteiger partial charge >= 0.3 is 0 Å². The maximum atomic E-state index is 14.3. The number of hydrogen-bond acceptors (Lipinski definition) is 4. The summed E-state index contributed by atoms with van der Waals surface area (Å²) in [6.07, 6.45) is 3.87. The molecule has 1 amide bonds. The first-order valence-corrected chi connectivity index (χ1v) is 6.99. The van der Waals surface area contributed by atoms with Crippen molar-refractivity contribution in [2.75, 3.05) is 25.0 Å². The number of pyridine rings is 1. The average molecular weight is 281 g/mol. The van der Waals surface area contributed by atoms with Crippen molar-refractivity contribution in [1.82, 2.24) is 9.88 Å². The van der Waals surface area contributed by atoms with Crippen LogP contribution in [-0.2, 0) is 0 Å². The van der Waals surface area contributed by atoms with Gasteiger partial charge in [0.15, 0.2) is 11.6 Å². The Labute approximate surface area is 117 Å². The highest BCUT2D eigenvalue weighted by Crippen LogP contribution is 2.23. The highest BCUT2D eigenvalue weighted by Gasteiger charge is 2.30. The van der Waals surface area contributed by atoms with Crippen molar-refractivity contribution in [3.8, 4) is 0 Å². The van der Waals surface area contributed by atoms with Crippen molar-refractivity contribution >= 4 is 11.7 Å². The second-order valence-corrected chi connectivity index (χ2v) is 4.93. The smallest absolute Gasteiger partial charge is 0.257 e. The van der Waals surface area contributed by atoms with Crippen LogP contribution in [0.5, 0.6) is 0 Å². The fraction of sp³-hybridized carbons (Fsp3) is 0.571. The highest BCUT2D eigenvalue weighted by atomic mass is 19.1. The summed E-state index contributed by atoms with van der Waals surface area (Å²) in [4.78, 5) is 17.8. The van der Waals surface area contributed by atoms with Gasteiger partial charge in [0.05, 0.1) is 18.2 Å². The van der Waals surface area contributed by atoms with Gasteiger partial charge in [-0.1, -0.05) is 6.92 Å². The summed E-state index contributed by atoms with van der Waals surface area (Å²) in [6.45, 7) is 3.05. The lowest BCUT2D eigenvalue weighted by molar-refractivity contribution is 0.0673. The van der Waals surface area contributed by atoms with Gasteiger partial charge in [-0.25, -0.2) is 9.37 Å². The predicted octanol–water partition coefficient (Wildman–Crippen LogP) is 1.64. The number of aliphatic hydroxyl groups excluding tert-OH is 1. The molecule has 2 heterocycles. The zero-order chi connectivity index (χ0) is 14.5. The Bertz CT molecular complexity index is 481. The fourth-order valence-electron chi connectivity index (χ4n) is 2.42. The van der Waals surface area contributed by atoms with Crippen LogP contribution in [0.25, 0.3) is 0 Å². The van der Waals surface area contributed by atoms with Crippen LogP contribution in [0.15, 0.2) is 12.3 Å². The Morgan fingerprint density at radius 2 is 2.45 bits per heavy atom. The van der Waals surface area contributed by atoms with Crippen molar-refractivity contribution in [2.24, 2.45) is 0 Å². The molecule has 0 bridgehead atoms. The van der Waals surface area contributed by atoms with Gasteiger partial charge in [-0.05, 0) is 25.3 Å². The molecule has 0 aromatic carbocycles. The van der Waals surface area contributed by atoms with Gasteiger partial charge in [-0.15, -0.1) is 0 Å². The molecule has 20 heavy (non-hydrogen) atoms. The normalized spacial score (nSPS) is 18.4. The number of carbonyl (C=O) groups is 1. The lowest BCUT2D eigenvalue weighted by atomic mass is 10.2. The lowest BCUT2D eigenvalue weighted by Gasteiger charge is -2.23. The van der Waals surface area contributed by atoms with Gasteiger partial charge in [0.25, 0.3) is 5.91 Å². The van der Waals surface area contributed by atoms with Gasteiger partial charge in [0.1, 0.15) is 0 Å². The molecule has 2 N–H and O–H groups in total. The topological polar surface area (TPSA) is 65.5 Å². The SMILES string of the molecule is CCCNc1nccc(C(=O)N2CCCC2CO)c1F. The molecule has 5 nitrogen and oxygen atoms in total. The summed E-state index contributed by atoms with van der Waals surface area (Å²) in [5.41, 5.74) is 0.0129. The molecule has 1 aliphatic heterocycles. The molecule has 0 saturated carbocycles. The number of nitrogens with one attached hydrogen (secondary N) is 1. The summed E-state index contributed by atoms with van der Waals surface area (Å²) < 4.78 is 14.3.